The lowest BCUT2D eigenvalue weighted by Crippen LogP contribution is -2.58. The number of nitrogens with one attached hydrogen (secondary N) is 2. The zero-order valence-electron chi connectivity index (χ0n) is 24.2. The van der Waals surface area contributed by atoms with Gasteiger partial charge >= 0.3 is 0 Å². The molecule has 0 bridgehead atoms. The van der Waals surface area contributed by atoms with Gasteiger partial charge in [-0.3, -0.25) is 9.59 Å². The smallest absolute Gasteiger partial charge is 0.273 e. The number of aromatic hydroxyl groups is 1. The van der Waals surface area contributed by atoms with Gasteiger partial charge in [0, 0.05) is 65.9 Å². The molecule has 2 saturated heterocycles. The molecule has 1 unspecified atom stereocenters. The first-order valence-corrected chi connectivity index (χ1v) is 16.4. The summed E-state index contributed by atoms with van der Waals surface area (Å²) in [5.74, 6) is -0.00627. The number of phenols is 1. The third kappa shape index (κ3) is 6.84. The van der Waals surface area contributed by atoms with Crippen molar-refractivity contribution in [2.45, 2.75) is 44.4 Å². The lowest BCUT2D eigenvalue weighted by Gasteiger charge is -2.47. The first-order valence-electron chi connectivity index (χ1n) is 14.7. The highest BCUT2D eigenvalue weighted by molar-refractivity contribution is 7.12. The highest BCUT2D eigenvalue weighted by Gasteiger charge is 2.41. The summed E-state index contributed by atoms with van der Waals surface area (Å²) in [7, 11) is 0. The van der Waals surface area contributed by atoms with Gasteiger partial charge in [0.25, 0.3) is 5.91 Å². The van der Waals surface area contributed by atoms with Gasteiger partial charge in [0.15, 0.2) is 0 Å². The van der Waals surface area contributed by atoms with Crippen LogP contribution in [-0.4, -0.2) is 87.4 Å². The number of carbonyl (C=O) groups is 1. The molecule has 4 N–H and O–H groups in total. The van der Waals surface area contributed by atoms with Crippen LogP contribution in [0.5, 0.6) is 5.75 Å². The minimum Gasteiger partial charge on any atom is -0.506 e. The Labute approximate surface area is 258 Å². The number of H-pyrrole nitrogens is 1. The number of aryl methyl sites for hydroxylation is 1. The third-order valence-electron chi connectivity index (χ3n) is 8.44. The van der Waals surface area contributed by atoms with Gasteiger partial charge < -0.3 is 35.1 Å². The van der Waals surface area contributed by atoms with Crippen molar-refractivity contribution in [3.05, 3.63) is 78.2 Å². The number of ether oxygens (including phenoxy) is 1. The van der Waals surface area contributed by atoms with E-state index < -0.39 is 6.10 Å². The van der Waals surface area contributed by atoms with Crippen molar-refractivity contribution in [3.63, 3.8) is 0 Å². The number of morpholine rings is 1. The molecule has 6 rings (SSSR count). The van der Waals surface area contributed by atoms with Gasteiger partial charge in [0.1, 0.15) is 11.4 Å². The maximum absolute atomic E-state index is 13.0. The van der Waals surface area contributed by atoms with Crippen molar-refractivity contribution in [2.24, 2.45) is 0 Å². The van der Waals surface area contributed by atoms with Gasteiger partial charge in [-0.25, -0.2) is 4.98 Å². The Hall–Kier alpha value is -3.13. The normalized spacial score (nSPS) is 18.0. The Balaban J connectivity index is 0.948. The largest absolute Gasteiger partial charge is 0.506 e. The number of aliphatic hydroxyl groups is 1. The van der Waals surface area contributed by atoms with Crippen LogP contribution in [0.2, 0.25) is 0 Å². The second kappa shape index (κ2) is 12.8. The Kier molecular flexibility index (Phi) is 8.94. The van der Waals surface area contributed by atoms with Gasteiger partial charge in [-0.05, 0) is 56.0 Å². The van der Waals surface area contributed by atoms with Gasteiger partial charge in [-0.15, -0.1) is 22.7 Å². The molecule has 0 saturated carbocycles. The predicted octanol–water partition coefficient (Wildman–Crippen LogP) is 3.43. The Morgan fingerprint density at radius 2 is 1.98 bits per heavy atom. The molecule has 1 spiro atoms. The minimum absolute atomic E-state index is 0.0124. The van der Waals surface area contributed by atoms with Crippen molar-refractivity contribution in [2.75, 3.05) is 45.9 Å². The van der Waals surface area contributed by atoms with E-state index in [1.807, 2.05) is 17.2 Å². The number of aromatic amines is 1. The topological polar surface area (TPSA) is 131 Å². The van der Waals surface area contributed by atoms with Gasteiger partial charge in [0.2, 0.25) is 5.56 Å². The van der Waals surface area contributed by atoms with Crippen molar-refractivity contribution < 1.29 is 19.7 Å². The molecule has 1 amide bonds. The van der Waals surface area contributed by atoms with Crippen molar-refractivity contribution in [1.29, 1.82) is 0 Å². The third-order valence-corrected chi connectivity index (χ3v) is 10.4. The molecule has 228 valence electrons. The number of fused-ring (bicyclic) bond motifs is 1. The highest BCUT2D eigenvalue weighted by Crippen LogP contribution is 2.32. The molecule has 2 fully saturated rings. The molecular weight excluding hydrogens is 587 g/mol. The fourth-order valence-corrected chi connectivity index (χ4v) is 7.60. The number of amides is 1. The number of benzene rings is 1. The number of piperidine rings is 1. The number of rotatable bonds is 9. The summed E-state index contributed by atoms with van der Waals surface area (Å²) in [6.45, 7) is 7.63. The SMILES string of the molecule is Cc1nc(C(=O)N2CCOC3(CCN(CCc4ccc(CNCC(O)c5ccc(O)c6[nH]c(=O)ccc56)s4)CC3)C2)cs1. The lowest BCUT2D eigenvalue weighted by atomic mass is 9.89. The number of hydrogen-bond donors (Lipinski definition) is 4. The Bertz CT molecular complexity index is 1640. The second-order valence-corrected chi connectivity index (χ2v) is 13.7. The van der Waals surface area contributed by atoms with Crippen molar-refractivity contribution in [1.82, 2.24) is 25.1 Å². The molecular formula is C31H37N5O5S2. The monoisotopic (exact) mass is 623 g/mol. The first kappa shape index (κ1) is 29.9. The number of nitrogens with zero attached hydrogens (tertiary/aromatic N) is 3. The molecule has 0 radical (unpaired) electrons. The van der Waals surface area contributed by atoms with Crippen LogP contribution >= 0.6 is 22.7 Å². The molecule has 12 heteroatoms. The number of pyridine rings is 1. The number of thiazole rings is 1. The summed E-state index contributed by atoms with van der Waals surface area (Å²) >= 11 is 3.29. The number of aromatic nitrogens is 2. The summed E-state index contributed by atoms with van der Waals surface area (Å²) in [6.07, 6.45) is 2.03. The van der Waals surface area contributed by atoms with Crippen LogP contribution in [0, 0.1) is 6.92 Å². The van der Waals surface area contributed by atoms with E-state index >= 15 is 0 Å². The van der Waals surface area contributed by atoms with E-state index in [1.54, 1.807) is 23.5 Å². The van der Waals surface area contributed by atoms with Crippen LogP contribution in [0.25, 0.3) is 10.9 Å². The van der Waals surface area contributed by atoms with Crippen LogP contribution < -0.4 is 10.9 Å². The molecule has 1 aromatic carbocycles. The zero-order valence-corrected chi connectivity index (χ0v) is 25.8. The van der Waals surface area contributed by atoms with Crippen molar-refractivity contribution in [3.8, 4) is 5.75 Å². The molecule has 1 atom stereocenters. The van der Waals surface area contributed by atoms with Crippen molar-refractivity contribution >= 4 is 39.5 Å². The van der Waals surface area contributed by atoms with E-state index in [1.165, 1.54) is 33.2 Å². The average Bonchev–Trinajstić information content (AvgIpc) is 3.66. The molecule has 2 aliphatic heterocycles. The highest BCUT2D eigenvalue weighted by atomic mass is 32.1. The number of likely N-dealkylation sites (tertiary alicyclic amines) is 1. The first-order chi connectivity index (χ1) is 20.8. The number of carbonyl (C=O) groups excluding carboxylic acids is 1. The number of hydrogen-bond acceptors (Lipinski definition) is 10. The molecule has 2 aliphatic rings. The molecule has 5 heterocycles. The second-order valence-electron chi connectivity index (χ2n) is 11.4. The van der Waals surface area contributed by atoms with E-state index in [9.17, 15) is 19.8 Å². The standard InChI is InChI=1S/C31H37N5O5S2/c1-20-33-25(18-42-20)30(40)36-14-15-41-31(19-36)9-12-35(13-10-31)11-8-21-2-3-22(43-21)16-32-17-27(38)23-4-6-26(37)29-24(23)5-7-28(39)34-29/h2-7,18,27,32,37-38H,8-17,19H2,1H3,(H,34,39). The van der Waals surface area contributed by atoms with Crippen LogP contribution in [0.3, 0.4) is 0 Å². The summed E-state index contributed by atoms with van der Waals surface area (Å²) in [5.41, 5.74) is 0.972. The fraction of sp³-hybridized carbons (Fsp3) is 0.452. The molecule has 10 nitrogen and oxygen atoms in total. The zero-order chi connectivity index (χ0) is 30.0. The Morgan fingerprint density at radius 3 is 2.77 bits per heavy atom. The van der Waals surface area contributed by atoms with Crippen LogP contribution in [-0.2, 0) is 17.7 Å². The Morgan fingerprint density at radius 1 is 1.16 bits per heavy atom. The fourth-order valence-electron chi connectivity index (χ4n) is 6.04. The molecule has 3 aromatic heterocycles. The average molecular weight is 624 g/mol. The maximum atomic E-state index is 13.0. The molecule has 4 aromatic rings. The number of phenolic OH excluding ortho intramolecular Hbond substituents is 1. The minimum atomic E-state index is -0.786. The quantitative estimate of drug-likeness (QED) is 0.223. The van der Waals surface area contributed by atoms with E-state index in [-0.39, 0.29) is 22.8 Å². The summed E-state index contributed by atoms with van der Waals surface area (Å²) in [4.78, 5) is 38.6. The summed E-state index contributed by atoms with van der Waals surface area (Å²) < 4.78 is 6.27. The van der Waals surface area contributed by atoms with E-state index in [0.717, 1.165) is 43.9 Å². The lowest BCUT2D eigenvalue weighted by molar-refractivity contribution is -0.127. The predicted molar refractivity (Wildman–Crippen MR) is 168 cm³/mol. The number of aliphatic hydroxyl groups excluding tert-OH is 1. The maximum Gasteiger partial charge on any atom is 0.273 e. The number of thiophene rings is 1. The van der Waals surface area contributed by atoms with Gasteiger partial charge in [0.05, 0.1) is 35.4 Å². The van der Waals surface area contributed by atoms with Crippen LogP contribution in [0.15, 0.2) is 46.6 Å². The van der Waals surface area contributed by atoms with Gasteiger partial charge in [-0.2, -0.15) is 0 Å². The van der Waals surface area contributed by atoms with E-state index in [0.29, 0.717) is 54.9 Å². The summed E-state index contributed by atoms with van der Waals surface area (Å²) in [5, 5.41) is 27.6. The molecule has 43 heavy (non-hydrogen) atoms. The van der Waals surface area contributed by atoms with Crippen LogP contribution in [0.4, 0.5) is 0 Å². The van der Waals surface area contributed by atoms with E-state index in [4.69, 9.17) is 4.74 Å². The van der Waals surface area contributed by atoms with E-state index in [2.05, 4.69) is 32.3 Å². The van der Waals surface area contributed by atoms with Gasteiger partial charge in [-0.1, -0.05) is 6.07 Å². The molecule has 0 aliphatic carbocycles. The summed E-state index contributed by atoms with van der Waals surface area (Å²) in [6, 6.07) is 10.5. The van der Waals surface area contributed by atoms with Crippen LogP contribution in [0.1, 0.15) is 49.8 Å².